The topological polar surface area (TPSA) is 39.7 Å². The molecule has 0 bridgehead atoms. The number of benzene rings is 1. The molecule has 1 aromatic rings. The summed E-state index contributed by atoms with van der Waals surface area (Å²) in [7, 11) is 6.79. The Balaban J connectivity index is 3.16. The van der Waals surface area contributed by atoms with E-state index in [1.807, 2.05) is 25.3 Å². The molecule has 0 heterocycles. The number of methoxy groups -OCH3 is 3. The van der Waals surface area contributed by atoms with Gasteiger partial charge in [0.15, 0.2) is 11.5 Å². The Morgan fingerprint density at radius 2 is 1.74 bits per heavy atom. The molecule has 19 heavy (non-hydrogen) atoms. The van der Waals surface area contributed by atoms with E-state index in [1.165, 1.54) is 0 Å². The molecule has 106 valence electrons. The summed E-state index contributed by atoms with van der Waals surface area (Å²) in [5.74, 6) is 1.97. The minimum Gasteiger partial charge on any atom is -0.493 e. The van der Waals surface area contributed by atoms with Crippen molar-refractivity contribution in [1.29, 1.82) is 0 Å². The second-order valence-corrected chi connectivity index (χ2v) is 4.17. The second-order valence-electron chi connectivity index (χ2n) is 4.17. The zero-order valence-electron chi connectivity index (χ0n) is 12.2. The largest absolute Gasteiger partial charge is 0.493 e. The molecule has 0 spiro atoms. The van der Waals surface area contributed by atoms with Crippen molar-refractivity contribution in [3.63, 3.8) is 0 Å². The zero-order valence-corrected chi connectivity index (χ0v) is 12.2. The lowest BCUT2D eigenvalue weighted by molar-refractivity contribution is 0.323. The Hall–Kier alpha value is -1.68. The van der Waals surface area contributed by atoms with Crippen molar-refractivity contribution < 1.29 is 14.2 Å². The summed E-state index contributed by atoms with van der Waals surface area (Å²) in [5, 5.41) is 3.29. The Bertz CT molecular complexity index is 393. The van der Waals surface area contributed by atoms with Crippen LogP contribution in [-0.2, 0) is 0 Å². The van der Waals surface area contributed by atoms with E-state index in [-0.39, 0.29) is 6.04 Å². The van der Waals surface area contributed by atoms with Crippen molar-refractivity contribution in [2.75, 3.05) is 28.4 Å². The maximum atomic E-state index is 5.37. The van der Waals surface area contributed by atoms with E-state index in [4.69, 9.17) is 14.2 Å². The number of nitrogens with one attached hydrogen (secondary N) is 1. The van der Waals surface area contributed by atoms with Crippen LogP contribution in [0.1, 0.15) is 24.4 Å². The zero-order chi connectivity index (χ0) is 14.3. The molecular formula is C15H23NO3. The first-order chi connectivity index (χ1) is 9.21. The predicted octanol–water partition coefficient (Wildman–Crippen LogP) is 2.94. The Labute approximate surface area is 115 Å². The quantitative estimate of drug-likeness (QED) is 0.734. The highest BCUT2D eigenvalue weighted by Gasteiger charge is 2.17. The molecule has 0 aliphatic carbocycles. The van der Waals surface area contributed by atoms with Crippen LogP contribution in [0.3, 0.4) is 0 Å². The molecular weight excluding hydrogens is 242 g/mol. The summed E-state index contributed by atoms with van der Waals surface area (Å²) in [6.45, 7) is 3.76. The molecule has 0 aliphatic heterocycles. The lowest BCUT2D eigenvalue weighted by Crippen LogP contribution is -2.16. The van der Waals surface area contributed by atoms with E-state index in [0.717, 1.165) is 18.4 Å². The van der Waals surface area contributed by atoms with Crippen LogP contribution < -0.4 is 19.5 Å². The molecule has 4 nitrogen and oxygen atoms in total. The summed E-state index contributed by atoms with van der Waals surface area (Å²) in [5.41, 5.74) is 1.11. The number of allylic oxidation sites excluding steroid dienone is 1. The summed E-state index contributed by atoms with van der Waals surface area (Å²) in [4.78, 5) is 0. The van der Waals surface area contributed by atoms with Gasteiger partial charge >= 0.3 is 0 Å². The van der Waals surface area contributed by atoms with Crippen LogP contribution in [0.4, 0.5) is 0 Å². The highest BCUT2D eigenvalue weighted by Crippen LogP contribution is 2.40. The third-order valence-electron chi connectivity index (χ3n) is 3.10. The fourth-order valence-corrected chi connectivity index (χ4v) is 2.06. The van der Waals surface area contributed by atoms with Crippen LogP contribution >= 0.6 is 0 Å². The van der Waals surface area contributed by atoms with Crippen LogP contribution in [0, 0.1) is 0 Å². The molecule has 0 amide bonds. The fraction of sp³-hybridized carbons (Fsp3) is 0.467. The van der Waals surface area contributed by atoms with E-state index < -0.39 is 0 Å². The molecule has 0 fully saturated rings. The molecule has 1 atom stereocenters. The number of rotatable bonds is 8. The van der Waals surface area contributed by atoms with Gasteiger partial charge in [-0.15, -0.1) is 6.58 Å². The Kier molecular flexibility index (Phi) is 6.22. The molecule has 1 rings (SSSR count). The van der Waals surface area contributed by atoms with Gasteiger partial charge in [0.1, 0.15) is 0 Å². The number of ether oxygens (including phenoxy) is 3. The molecule has 1 unspecified atom stereocenters. The number of hydrogen-bond donors (Lipinski definition) is 1. The average Bonchev–Trinajstić information content (AvgIpc) is 2.46. The van der Waals surface area contributed by atoms with Gasteiger partial charge in [-0.3, -0.25) is 0 Å². The third-order valence-corrected chi connectivity index (χ3v) is 3.10. The summed E-state index contributed by atoms with van der Waals surface area (Å²) < 4.78 is 16.1. The van der Waals surface area contributed by atoms with Gasteiger partial charge in [-0.1, -0.05) is 6.08 Å². The Morgan fingerprint density at radius 3 is 2.11 bits per heavy atom. The molecule has 0 radical (unpaired) electrons. The SMILES string of the molecule is C=CCCC(NC)c1cc(OC)c(OC)c(OC)c1. The highest BCUT2D eigenvalue weighted by molar-refractivity contribution is 5.54. The predicted molar refractivity (Wildman–Crippen MR) is 77.3 cm³/mol. The highest BCUT2D eigenvalue weighted by atomic mass is 16.5. The van der Waals surface area contributed by atoms with Gasteiger partial charge in [0.25, 0.3) is 0 Å². The third kappa shape index (κ3) is 3.64. The lowest BCUT2D eigenvalue weighted by Gasteiger charge is -2.19. The maximum Gasteiger partial charge on any atom is 0.203 e. The van der Waals surface area contributed by atoms with Crippen molar-refractivity contribution in [2.24, 2.45) is 0 Å². The fourth-order valence-electron chi connectivity index (χ4n) is 2.06. The van der Waals surface area contributed by atoms with Gasteiger partial charge in [-0.05, 0) is 37.6 Å². The van der Waals surface area contributed by atoms with Gasteiger partial charge in [0.05, 0.1) is 21.3 Å². The standard InChI is InChI=1S/C15H23NO3/c1-6-7-8-12(16-2)11-9-13(17-3)15(19-5)14(10-11)18-4/h6,9-10,12,16H,1,7-8H2,2-5H3. The number of hydrogen-bond acceptors (Lipinski definition) is 4. The van der Waals surface area contributed by atoms with E-state index in [9.17, 15) is 0 Å². The van der Waals surface area contributed by atoms with Crippen molar-refractivity contribution in [1.82, 2.24) is 5.32 Å². The van der Waals surface area contributed by atoms with Gasteiger partial charge < -0.3 is 19.5 Å². The maximum absolute atomic E-state index is 5.37. The second kappa shape index (κ2) is 7.69. The van der Waals surface area contributed by atoms with E-state index in [0.29, 0.717) is 17.2 Å². The first kappa shape index (κ1) is 15.4. The van der Waals surface area contributed by atoms with E-state index in [2.05, 4.69) is 11.9 Å². The van der Waals surface area contributed by atoms with Crippen LogP contribution in [0.25, 0.3) is 0 Å². The van der Waals surface area contributed by atoms with Crippen LogP contribution in [-0.4, -0.2) is 28.4 Å². The van der Waals surface area contributed by atoms with Gasteiger partial charge in [0.2, 0.25) is 5.75 Å². The molecule has 0 aliphatic rings. The van der Waals surface area contributed by atoms with E-state index >= 15 is 0 Å². The molecule has 0 saturated carbocycles. The smallest absolute Gasteiger partial charge is 0.203 e. The molecule has 0 aromatic heterocycles. The van der Waals surface area contributed by atoms with Gasteiger partial charge in [-0.2, -0.15) is 0 Å². The Morgan fingerprint density at radius 1 is 1.16 bits per heavy atom. The minimum absolute atomic E-state index is 0.228. The van der Waals surface area contributed by atoms with Gasteiger partial charge in [-0.25, -0.2) is 0 Å². The summed E-state index contributed by atoms with van der Waals surface area (Å²) in [6.07, 6.45) is 3.84. The monoisotopic (exact) mass is 265 g/mol. The molecule has 1 aromatic carbocycles. The molecule has 4 heteroatoms. The van der Waals surface area contributed by atoms with Gasteiger partial charge in [0, 0.05) is 6.04 Å². The minimum atomic E-state index is 0.228. The van der Waals surface area contributed by atoms with Crippen molar-refractivity contribution in [3.8, 4) is 17.2 Å². The first-order valence-corrected chi connectivity index (χ1v) is 6.29. The average molecular weight is 265 g/mol. The normalized spacial score (nSPS) is 11.8. The van der Waals surface area contributed by atoms with E-state index in [1.54, 1.807) is 21.3 Å². The molecule has 1 N–H and O–H groups in total. The summed E-state index contributed by atoms with van der Waals surface area (Å²) >= 11 is 0. The first-order valence-electron chi connectivity index (χ1n) is 6.29. The van der Waals surface area contributed by atoms with Crippen LogP contribution in [0.15, 0.2) is 24.8 Å². The lowest BCUT2D eigenvalue weighted by atomic mass is 10.0. The summed E-state index contributed by atoms with van der Waals surface area (Å²) in [6, 6.07) is 4.18. The van der Waals surface area contributed by atoms with Crippen molar-refractivity contribution in [2.45, 2.75) is 18.9 Å². The molecule has 0 saturated heterocycles. The van der Waals surface area contributed by atoms with Crippen LogP contribution in [0.2, 0.25) is 0 Å². The van der Waals surface area contributed by atoms with Crippen molar-refractivity contribution in [3.05, 3.63) is 30.4 Å². The van der Waals surface area contributed by atoms with Crippen molar-refractivity contribution >= 4 is 0 Å². The van der Waals surface area contributed by atoms with Crippen LogP contribution in [0.5, 0.6) is 17.2 Å².